The largest absolute Gasteiger partial charge is 0.336 e. The van der Waals surface area contributed by atoms with E-state index in [1.165, 1.54) is 10.1 Å². The van der Waals surface area contributed by atoms with Crippen LogP contribution in [0.1, 0.15) is 36.5 Å². The molecule has 0 aliphatic rings. The lowest BCUT2D eigenvalue weighted by molar-refractivity contribution is -0.116. The van der Waals surface area contributed by atoms with E-state index in [0.717, 1.165) is 15.7 Å². The Labute approximate surface area is 192 Å². The highest BCUT2D eigenvalue weighted by Gasteiger charge is 2.17. The zero-order valence-corrected chi connectivity index (χ0v) is 19.3. The van der Waals surface area contributed by atoms with Crippen molar-refractivity contribution >= 4 is 22.5 Å². The first-order valence-electron chi connectivity index (χ1n) is 11.0. The van der Waals surface area contributed by atoms with Gasteiger partial charge in [-0.25, -0.2) is 9.36 Å². The third-order valence-electron chi connectivity index (χ3n) is 5.68. The van der Waals surface area contributed by atoms with Crippen molar-refractivity contribution in [3.8, 4) is 5.69 Å². The Kier molecular flexibility index (Phi) is 6.01. The van der Waals surface area contributed by atoms with Gasteiger partial charge >= 0.3 is 5.69 Å². The van der Waals surface area contributed by atoms with E-state index in [1.54, 1.807) is 36.4 Å². The van der Waals surface area contributed by atoms with Crippen LogP contribution in [0.25, 0.3) is 16.6 Å². The van der Waals surface area contributed by atoms with E-state index in [9.17, 15) is 14.4 Å². The number of hydrogen-bond donors (Lipinski definition) is 1. The van der Waals surface area contributed by atoms with Crippen molar-refractivity contribution in [1.29, 1.82) is 0 Å². The number of carbonyl (C=O) groups excluding carboxylic acids is 1. The summed E-state index contributed by atoms with van der Waals surface area (Å²) in [6.45, 7) is 7.83. The summed E-state index contributed by atoms with van der Waals surface area (Å²) in [5.74, 6) is 0.0520. The molecular weight excluding hydrogens is 414 g/mol. The fourth-order valence-corrected chi connectivity index (χ4v) is 4.08. The number of hydrogen-bond acceptors (Lipinski definition) is 3. The minimum atomic E-state index is -0.547. The number of benzene rings is 3. The van der Waals surface area contributed by atoms with Crippen molar-refractivity contribution in [2.24, 2.45) is 0 Å². The summed E-state index contributed by atoms with van der Waals surface area (Å²) in [6.07, 6.45) is 0. The molecule has 4 aromatic rings. The third-order valence-corrected chi connectivity index (χ3v) is 5.68. The molecule has 0 radical (unpaired) electrons. The van der Waals surface area contributed by atoms with Gasteiger partial charge in [0.2, 0.25) is 5.91 Å². The van der Waals surface area contributed by atoms with Crippen LogP contribution in [-0.2, 0) is 11.3 Å². The average Bonchev–Trinajstić information content (AvgIpc) is 2.76. The third kappa shape index (κ3) is 4.51. The van der Waals surface area contributed by atoms with Crippen molar-refractivity contribution in [2.45, 2.75) is 40.2 Å². The monoisotopic (exact) mass is 441 g/mol. The van der Waals surface area contributed by atoms with Crippen LogP contribution in [0.4, 0.5) is 5.69 Å². The summed E-state index contributed by atoms with van der Waals surface area (Å²) in [5.41, 5.74) is 3.69. The molecule has 6 heteroatoms. The molecule has 0 aliphatic carbocycles. The summed E-state index contributed by atoms with van der Waals surface area (Å²) < 4.78 is 2.50. The van der Waals surface area contributed by atoms with Crippen LogP contribution in [0.5, 0.6) is 0 Å². The van der Waals surface area contributed by atoms with Gasteiger partial charge in [0.15, 0.2) is 0 Å². The molecule has 0 saturated carbocycles. The first-order chi connectivity index (χ1) is 15.7. The summed E-state index contributed by atoms with van der Waals surface area (Å²) in [4.78, 5) is 39.6. The van der Waals surface area contributed by atoms with Gasteiger partial charge in [-0.1, -0.05) is 44.2 Å². The van der Waals surface area contributed by atoms with Gasteiger partial charge in [-0.2, -0.15) is 0 Å². The van der Waals surface area contributed by atoms with E-state index in [-0.39, 0.29) is 12.5 Å². The van der Waals surface area contributed by atoms with E-state index in [4.69, 9.17) is 0 Å². The number of aromatic nitrogens is 2. The molecule has 0 fully saturated rings. The maximum atomic E-state index is 13.5. The number of rotatable bonds is 5. The van der Waals surface area contributed by atoms with Gasteiger partial charge in [0.05, 0.1) is 16.6 Å². The Morgan fingerprint density at radius 3 is 2.18 bits per heavy atom. The highest BCUT2D eigenvalue weighted by molar-refractivity contribution is 5.91. The van der Waals surface area contributed by atoms with Gasteiger partial charge in [0, 0.05) is 5.69 Å². The Balaban J connectivity index is 1.78. The number of para-hydroxylation sites is 1. The lowest BCUT2D eigenvalue weighted by Gasteiger charge is -2.15. The molecule has 3 aromatic carbocycles. The number of amides is 1. The highest BCUT2D eigenvalue weighted by atomic mass is 16.2. The van der Waals surface area contributed by atoms with Crippen LogP contribution in [0.3, 0.4) is 0 Å². The molecule has 33 heavy (non-hydrogen) atoms. The van der Waals surface area contributed by atoms with Gasteiger partial charge < -0.3 is 5.32 Å². The van der Waals surface area contributed by atoms with Gasteiger partial charge in [0.1, 0.15) is 6.54 Å². The average molecular weight is 442 g/mol. The number of anilines is 1. The lowest BCUT2D eigenvalue weighted by atomic mass is 10.0. The van der Waals surface area contributed by atoms with Crippen molar-refractivity contribution in [1.82, 2.24) is 9.13 Å². The Hall–Kier alpha value is -3.93. The summed E-state index contributed by atoms with van der Waals surface area (Å²) in [6, 6.07) is 20.1. The number of carbonyl (C=O) groups is 1. The molecule has 0 saturated heterocycles. The Morgan fingerprint density at radius 2 is 1.55 bits per heavy atom. The van der Waals surface area contributed by atoms with Crippen molar-refractivity contribution < 1.29 is 4.79 Å². The highest BCUT2D eigenvalue weighted by Crippen LogP contribution is 2.18. The first kappa shape index (κ1) is 22.3. The van der Waals surface area contributed by atoms with Crippen LogP contribution in [0.15, 0.2) is 76.3 Å². The normalized spacial score (nSPS) is 11.2. The topological polar surface area (TPSA) is 73.1 Å². The fraction of sp³-hybridized carbons (Fsp3) is 0.222. The van der Waals surface area contributed by atoms with Gasteiger partial charge in [-0.05, 0) is 72.9 Å². The van der Waals surface area contributed by atoms with E-state index >= 15 is 0 Å². The molecule has 0 bridgehead atoms. The molecule has 0 spiro atoms. The standard InChI is InChI=1S/C27H27N3O3/c1-17(2)20-9-11-21(12-10-20)28-25(31)16-29-24-8-6-5-7-23(24)26(32)30(27(29)33)22-14-18(3)13-19(4)15-22/h5-15,17H,16H2,1-4H3,(H,28,31). The molecule has 4 rings (SSSR count). The minimum absolute atomic E-state index is 0.212. The Bertz CT molecular complexity index is 1440. The molecule has 0 aliphatic heterocycles. The van der Waals surface area contributed by atoms with Crippen LogP contribution in [0.2, 0.25) is 0 Å². The molecule has 1 heterocycles. The van der Waals surface area contributed by atoms with Crippen LogP contribution in [0, 0.1) is 13.8 Å². The van der Waals surface area contributed by atoms with E-state index in [1.807, 2.05) is 44.2 Å². The number of nitrogens with one attached hydrogen (secondary N) is 1. The molecule has 1 amide bonds. The van der Waals surface area contributed by atoms with Gasteiger partial charge in [-0.3, -0.25) is 14.2 Å². The Morgan fingerprint density at radius 1 is 0.909 bits per heavy atom. The molecule has 0 atom stereocenters. The molecule has 168 valence electrons. The number of fused-ring (bicyclic) bond motifs is 1. The SMILES string of the molecule is Cc1cc(C)cc(-n2c(=O)c3ccccc3n(CC(=O)Nc3ccc(C(C)C)cc3)c2=O)c1. The van der Waals surface area contributed by atoms with E-state index in [2.05, 4.69) is 19.2 Å². The second-order valence-corrected chi connectivity index (χ2v) is 8.70. The van der Waals surface area contributed by atoms with Crippen LogP contribution >= 0.6 is 0 Å². The van der Waals surface area contributed by atoms with Crippen molar-refractivity contribution in [3.05, 3.63) is 104 Å². The molecule has 1 N–H and O–H groups in total. The van der Waals surface area contributed by atoms with Gasteiger partial charge in [-0.15, -0.1) is 0 Å². The van der Waals surface area contributed by atoms with Crippen LogP contribution < -0.4 is 16.6 Å². The predicted molar refractivity (Wildman–Crippen MR) is 132 cm³/mol. The lowest BCUT2D eigenvalue weighted by Crippen LogP contribution is -2.40. The van der Waals surface area contributed by atoms with E-state index < -0.39 is 11.2 Å². The maximum absolute atomic E-state index is 13.5. The van der Waals surface area contributed by atoms with Crippen LogP contribution in [-0.4, -0.2) is 15.0 Å². The summed E-state index contributed by atoms with van der Waals surface area (Å²) in [5, 5.41) is 3.23. The zero-order valence-electron chi connectivity index (χ0n) is 19.3. The number of aryl methyl sites for hydroxylation is 2. The first-order valence-corrected chi connectivity index (χ1v) is 11.0. The summed E-state index contributed by atoms with van der Waals surface area (Å²) >= 11 is 0. The maximum Gasteiger partial charge on any atom is 0.336 e. The zero-order chi connectivity index (χ0) is 23.7. The predicted octanol–water partition coefficient (Wildman–Crippen LogP) is 4.53. The molecule has 1 aromatic heterocycles. The number of nitrogens with zero attached hydrogens (tertiary/aromatic N) is 2. The van der Waals surface area contributed by atoms with Gasteiger partial charge in [0.25, 0.3) is 5.56 Å². The molecule has 0 unspecified atom stereocenters. The fourth-order valence-electron chi connectivity index (χ4n) is 4.08. The van der Waals surface area contributed by atoms with Crippen molar-refractivity contribution in [3.63, 3.8) is 0 Å². The summed E-state index contributed by atoms with van der Waals surface area (Å²) in [7, 11) is 0. The second kappa shape index (κ2) is 8.90. The van der Waals surface area contributed by atoms with Crippen molar-refractivity contribution in [2.75, 3.05) is 5.32 Å². The smallest absolute Gasteiger partial charge is 0.325 e. The molecule has 6 nitrogen and oxygen atoms in total. The quantitative estimate of drug-likeness (QED) is 0.495. The minimum Gasteiger partial charge on any atom is -0.325 e. The van der Waals surface area contributed by atoms with E-state index in [0.29, 0.717) is 28.2 Å². The second-order valence-electron chi connectivity index (χ2n) is 8.70. The molecular formula is C27H27N3O3.